The highest BCUT2D eigenvalue weighted by molar-refractivity contribution is 7.89. The zero-order valence-corrected chi connectivity index (χ0v) is 15.6. The molecule has 3 aromatic carbocycles. The summed E-state index contributed by atoms with van der Waals surface area (Å²) in [7, 11) is -1.43. The fourth-order valence-electron chi connectivity index (χ4n) is 3.70. The van der Waals surface area contributed by atoms with Gasteiger partial charge in [-0.3, -0.25) is 0 Å². The lowest BCUT2D eigenvalue weighted by Gasteiger charge is -2.37. The van der Waals surface area contributed by atoms with Crippen LogP contribution in [-0.4, -0.2) is 39.4 Å². The monoisotopic (exact) mass is 367 g/mol. The Morgan fingerprint density at radius 3 is 2.38 bits per heavy atom. The predicted molar refractivity (Wildman–Crippen MR) is 104 cm³/mol. The third-order valence-corrected chi connectivity index (χ3v) is 7.06. The number of nitrogens with one attached hydrogen (secondary N) is 1. The first kappa shape index (κ1) is 17.2. The minimum atomic E-state index is -3.55. The molecule has 1 N–H and O–H groups in total. The minimum absolute atomic E-state index is 0.138. The Labute approximate surface area is 154 Å². The van der Waals surface area contributed by atoms with Crippen molar-refractivity contribution in [3.8, 4) is 0 Å². The number of benzene rings is 3. The van der Waals surface area contributed by atoms with Crippen molar-refractivity contribution in [2.45, 2.75) is 10.9 Å². The van der Waals surface area contributed by atoms with Crippen LogP contribution in [0, 0.1) is 0 Å². The smallest absolute Gasteiger partial charge is 0.244 e. The van der Waals surface area contributed by atoms with Crippen LogP contribution in [0.3, 0.4) is 0 Å². The van der Waals surface area contributed by atoms with Gasteiger partial charge in [-0.25, -0.2) is 8.42 Å². The van der Waals surface area contributed by atoms with Crippen molar-refractivity contribution in [2.24, 2.45) is 0 Å². The van der Waals surface area contributed by atoms with E-state index in [4.69, 9.17) is 0 Å². The Morgan fingerprint density at radius 2 is 1.62 bits per heavy atom. The Kier molecular flexibility index (Phi) is 4.53. The normalized spacial score (nSPS) is 21.7. The van der Waals surface area contributed by atoms with E-state index in [1.807, 2.05) is 60.7 Å². The zero-order chi connectivity index (χ0) is 18.1. The number of hydrogen-bond donors (Lipinski definition) is 1. The predicted octanol–water partition coefficient (Wildman–Crippen LogP) is 2.10. The summed E-state index contributed by atoms with van der Waals surface area (Å²) in [5.74, 6) is 0. The van der Waals surface area contributed by atoms with E-state index in [1.54, 1.807) is 16.4 Å². The Balaban J connectivity index is 1.76. The highest BCUT2D eigenvalue weighted by Crippen LogP contribution is 2.29. The van der Waals surface area contributed by atoms with E-state index in [-0.39, 0.29) is 6.04 Å². The van der Waals surface area contributed by atoms with Gasteiger partial charge < -0.3 is 4.90 Å². The molecule has 0 aromatic heterocycles. The molecule has 4 nitrogen and oxygen atoms in total. The summed E-state index contributed by atoms with van der Waals surface area (Å²) >= 11 is 0. The molecule has 1 unspecified atom stereocenters. The first-order chi connectivity index (χ1) is 12.6. The van der Waals surface area contributed by atoms with E-state index < -0.39 is 10.0 Å². The molecule has 4 rings (SSSR count). The molecule has 1 aliphatic rings. The van der Waals surface area contributed by atoms with Crippen molar-refractivity contribution in [1.29, 1.82) is 0 Å². The quantitative estimate of drug-likeness (QED) is 0.770. The molecule has 1 fully saturated rings. The molecule has 0 amide bonds. The number of fused-ring (bicyclic) bond motifs is 1. The van der Waals surface area contributed by atoms with E-state index in [0.717, 1.165) is 29.4 Å². The molecule has 0 saturated carbocycles. The van der Waals surface area contributed by atoms with Crippen LogP contribution in [0.4, 0.5) is 0 Å². The molecule has 26 heavy (non-hydrogen) atoms. The summed E-state index contributed by atoms with van der Waals surface area (Å²) < 4.78 is 28.6. The molecule has 0 spiro atoms. The number of likely N-dealkylation sites (N-methyl/N-ethyl adjacent to an activating group) is 1. The fraction of sp³-hybridized carbons (Fsp3) is 0.238. The number of piperazine rings is 1. The summed E-state index contributed by atoms with van der Waals surface area (Å²) in [6.07, 6.45) is 0. The molecule has 2 atom stereocenters. The maximum absolute atomic E-state index is 13.4. The Bertz CT molecular complexity index is 1020. The molecule has 5 heteroatoms. The largest absolute Gasteiger partial charge is 0.335 e. The third-order valence-electron chi connectivity index (χ3n) is 5.16. The minimum Gasteiger partial charge on any atom is -0.335 e. The second kappa shape index (κ2) is 6.83. The van der Waals surface area contributed by atoms with Gasteiger partial charge in [-0.05, 0) is 28.5 Å². The van der Waals surface area contributed by atoms with E-state index in [0.29, 0.717) is 11.4 Å². The van der Waals surface area contributed by atoms with Crippen LogP contribution in [0.2, 0.25) is 0 Å². The number of rotatable bonds is 3. The van der Waals surface area contributed by atoms with E-state index >= 15 is 0 Å². The van der Waals surface area contributed by atoms with Crippen LogP contribution in [0.1, 0.15) is 11.6 Å². The standard InChI is InChI=1S/C21H22N2O2S/c1-22-13-14-23(21(16-22)18-8-3-2-4-9-18)26(24,25)20-12-11-17-7-5-6-10-19(17)15-20/h2-12,15,21H,13-14,16H2,1H3/p+1/t21-/m0/s1. The van der Waals surface area contributed by atoms with Crippen molar-refractivity contribution in [2.75, 3.05) is 26.7 Å². The second-order valence-corrected chi connectivity index (χ2v) is 8.85. The summed E-state index contributed by atoms with van der Waals surface area (Å²) in [5.41, 5.74) is 1.05. The van der Waals surface area contributed by atoms with Crippen LogP contribution in [0.5, 0.6) is 0 Å². The average Bonchev–Trinajstić information content (AvgIpc) is 2.68. The molecule has 3 aromatic rings. The number of sulfonamides is 1. The van der Waals surface area contributed by atoms with Crippen LogP contribution >= 0.6 is 0 Å². The molecular formula is C21H23N2O2S+. The summed E-state index contributed by atoms with van der Waals surface area (Å²) in [4.78, 5) is 1.72. The van der Waals surface area contributed by atoms with Gasteiger partial charge in [0.25, 0.3) is 0 Å². The highest BCUT2D eigenvalue weighted by atomic mass is 32.2. The van der Waals surface area contributed by atoms with Crippen molar-refractivity contribution in [1.82, 2.24) is 4.31 Å². The maximum Gasteiger partial charge on any atom is 0.244 e. The SMILES string of the molecule is C[NH+]1CCN(S(=O)(=O)c2ccc3ccccc3c2)[C@H](c2ccccc2)C1. The molecule has 1 heterocycles. The van der Waals surface area contributed by atoms with Gasteiger partial charge >= 0.3 is 0 Å². The van der Waals surface area contributed by atoms with Crippen molar-refractivity contribution in [3.05, 3.63) is 78.4 Å². The lowest BCUT2D eigenvalue weighted by molar-refractivity contribution is -0.887. The summed E-state index contributed by atoms with van der Waals surface area (Å²) in [6.45, 7) is 2.12. The fourth-order valence-corrected chi connectivity index (χ4v) is 5.35. The first-order valence-corrected chi connectivity index (χ1v) is 10.4. The molecule has 0 radical (unpaired) electrons. The lowest BCUT2D eigenvalue weighted by Crippen LogP contribution is -3.12. The number of quaternary nitrogens is 1. The summed E-state index contributed by atoms with van der Waals surface area (Å²) in [5, 5.41) is 2.00. The van der Waals surface area contributed by atoms with Crippen molar-refractivity contribution < 1.29 is 13.3 Å². The van der Waals surface area contributed by atoms with Crippen LogP contribution in [-0.2, 0) is 10.0 Å². The van der Waals surface area contributed by atoms with E-state index in [1.165, 1.54) is 4.90 Å². The lowest BCUT2D eigenvalue weighted by atomic mass is 10.1. The van der Waals surface area contributed by atoms with Gasteiger partial charge in [0.2, 0.25) is 10.0 Å². The van der Waals surface area contributed by atoms with Gasteiger partial charge in [0.1, 0.15) is 0 Å². The zero-order valence-electron chi connectivity index (χ0n) is 14.8. The van der Waals surface area contributed by atoms with Gasteiger partial charge in [0.05, 0.1) is 37.6 Å². The van der Waals surface area contributed by atoms with Crippen molar-refractivity contribution in [3.63, 3.8) is 0 Å². The summed E-state index contributed by atoms with van der Waals surface area (Å²) in [6, 6.07) is 23.1. The first-order valence-electron chi connectivity index (χ1n) is 8.92. The Hall–Kier alpha value is -2.21. The molecule has 1 saturated heterocycles. The van der Waals surface area contributed by atoms with Gasteiger partial charge in [-0.15, -0.1) is 0 Å². The third kappa shape index (κ3) is 3.14. The molecular weight excluding hydrogens is 344 g/mol. The average molecular weight is 367 g/mol. The number of nitrogens with zero attached hydrogens (tertiary/aromatic N) is 1. The van der Waals surface area contributed by atoms with Gasteiger partial charge in [-0.2, -0.15) is 4.31 Å². The number of hydrogen-bond acceptors (Lipinski definition) is 2. The van der Waals surface area contributed by atoms with Gasteiger partial charge in [-0.1, -0.05) is 60.7 Å². The highest BCUT2D eigenvalue weighted by Gasteiger charge is 2.38. The topological polar surface area (TPSA) is 41.8 Å². The van der Waals surface area contributed by atoms with E-state index in [9.17, 15) is 8.42 Å². The van der Waals surface area contributed by atoms with Crippen molar-refractivity contribution >= 4 is 20.8 Å². The Morgan fingerprint density at radius 1 is 0.923 bits per heavy atom. The second-order valence-electron chi connectivity index (χ2n) is 6.96. The maximum atomic E-state index is 13.4. The van der Waals surface area contributed by atoms with Gasteiger partial charge in [0, 0.05) is 0 Å². The van der Waals surface area contributed by atoms with Crippen LogP contribution in [0.15, 0.2) is 77.7 Å². The molecule has 0 bridgehead atoms. The molecule has 1 aliphatic heterocycles. The van der Waals surface area contributed by atoms with Crippen LogP contribution in [0.25, 0.3) is 10.8 Å². The molecule has 134 valence electrons. The van der Waals surface area contributed by atoms with Crippen LogP contribution < -0.4 is 4.90 Å². The van der Waals surface area contributed by atoms with Gasteiger partial charge in [0.15, 0.2) is 0 Å². The van der Waals surface area contributed by atoms with E-state index in [2.05, 4.69) is 7.05 Å². The molecule has 0 aliphatic carbocycles.